The van der Waals surface area contributed by atoms with Crippen LogP contribution in [0.2, 0.25) is 0 Å². The highest BCUT2D eigenvalue weighted by Crippen LogP contribution is 2.35. The highest BCUT2D eigenvalue weighted by atomic mass is 19.2. The van der Waals surface area contributed by atoms with E-state index in [0.29, 0.717) is 13.1 Å². The molecule has 10 heteroatoms. The maximum atomic E-state index is 15.1. The van der Waals surface area contributed by atoms with E-state index >= 15 is 4.39 Å². The van der Waals surface area contributed by atoms with Gasteiger partial charge in [-0.05, 0) is 19.8 Å². The van der Waals surface area contributed by atoms with Crippen molar-refractivity contribution in [2.75, 3.05) is 49.9 Å². The molecule has 0 radical (unpaired) electrons. The first kappa shape index (κ1) is 18.6. The number of aromatic nitrogens is 2. The summed E-state index contributed by atoms with van der Waals surface area (Å²) in [6.07, 6.45) is 1.98. The summed E-state index contributed by atoms with van der Waals surface area (Å²) in [6, 6.07) is -0.0566. The summed E-state index contributed by atoms with van der Waals surface area (Å²) >= 11 is 0. The van der Waals surface area contributed by atoms with E-state index in [1.165, 1.54) is 11.8 Å². The minimum Gasteiger partial charge on any atom is -0.383 e. The number of likely N-dealkylation sites (tertiary alicyclic amines) is 1. The second-order valence-electron chi connectivity index (χ2n) is 7.12. The molecule has 0 aliphatic carbocycles. The van der Waals surface area contributed by atoms with Crippen LogP contribution in [0.15, 0.2) is 0 Å². The fourth-order valence-electron chi connectivity index (χ4n) is 3.90. The minimum atomic E-state index is -1.32. The Balaban J connectivity index is 1.62. The molecule has 0 unspecified atom stereocenters. The number of aryl methyl sites for hydroxylation is 1. The third-order valence-corrected chi connectivity index (χ3v) is 5.33. The predicted octanol–water partition coefficient (Wildman–Crippen LogP) is 2.28. The molecule has 2 aliphatic heterocycles. The van der Waals surface area contributed by atoms with Gasteiger partial charge in [-0.15, -0.1) is 0 Å². The Bertz CT molecular complexity index is 939. The van der Waals surface area contributed by atoms with E-state index in [-0.39, 0.29) is 36.3 Å². The lowest BCUT2D eigenvalue weighted by atomic mass is 10.1. The average molecular weight is 394 g/mol. The first-order chi connectivity index (χ1) is 13.4. The number of carbonyl (C=O) groups excluding carboxylic acids is 1. The summed E-state index contributed by atoms with van der Waals surface area (Å²) in [7, 11) is 0. The van der Waals surface area contributed by atoms with Crippen LogP contribution in [0.3, 0.4) is 0 Å². The predicted molar refractivity (Wildman–Crippen MR) is 98.6 cm³/mol. The summed E-state index contributed by atoms with van der Waals surface area (Å²) in [4.78, 5) is 25.0. The van der Waals surface area contributed by atoms with E-state index in [1.54, 1.807) is 9.80 Å². The summed E-state index contributed by atoms with van der Waals surface area (Å²) in [5, 5.41) is -0.452. The molecular formula is C18H21F3N6O. The molecule has 2 aromatic rings. The Hall–Kier alpha value is -2.78. The molecule has 7 nitrogen and oxygen atoms in total. The van der Waals surface area contributed by atoms with E-state index in [9.17, 15) is 13.6 Å². The number of piperazine rings is 1. The van der Waals surface area contributed by atoms with Gasteiger partial charge in [0.15, 0.2) is 17.5 Å². The molecule has 0 bridgehead atoms. The summed E-state index contributed by atoms with van der Waals surface area (Å²) in [6.45, 7) is 3.96. The zero-order chi connectivity index (χ0) is 20.0. The lowest BCUT2D eigenvalue weighted by molar-refractivity contribution is 0.159. The molecular weight excluding hydrogens is 373 g/mol. The molecule has 1 aromatic carbocycles. The lowest BCUT2D eigenvalue weighted by Gasteiger charge is -2.38. The molecule has 28 heavy (non-hydrogen) atoms. The molecule has 2 N–H and O–H groups in total. The Morgan fingerprint density at radius 1 is 0.893 bits per heavy atom. The molecule has 1 aromatic heterocycles. The van der Waals surface area contributed by atoms with Crippen molar-refractivity contribution >= 4 is 28.4 Å². The van der Waals surface area contributed by atoms with Crippen LogP contribution in [0.1, 0.15) is 18.7 Å². The molecule has 3 heterocycles. The van der Waals surface area contributed by atoms with Crippen LogP contribution in [0, 0.1) is 24.4 Å². The quantitative estimate of drug-likeness (QED) is 0.751. The first-order valence-corrected chi connectivity index (χ1v) is 9.27. The fourth-order valence-corrected chi connectivity index (χ4v) is 3.90. The second-order valence-corrected chi connectivity index (χ2v) is 7.12. The third-order valence-electron chi connectivity index (χ3n) is 5.33. The molecule has 2 saturated heterocycles. The largest absolute Gasteiger partial charge is 0.383 e. The van der Waals surface area contributed by atoms with Gasteiger partial charge in [0.1, 0.15) is 22.8 Å². The second kappa shape index (κ2) is 6.99. The monoisotopic (exact) mass is 394 g/mol. The van der Waals surface area contributed by atoms with E-state index in [4.69, 9.17) is 5.73 Å². The van der Waals surface area contributed by atoms with Gasteiger partial charge in [0.25, 0.3) is 0 Å². The van der Waals surface area contributed by atoms with Gasteiger partial charge in [-0.25, -0.2) is 27.9 Å². The Labute approximate surface area is 159 Å². The normalized spacial score (nSPS) is 17.6. The van der Waals surface area contributed by atoms with Gasteiger partial charge in [-0.2, -0.15) is 0 Å². The standard InChI is InChI=1S/C18H21F3N6O/c1-10-23-15-11(17(22)24-10)12(19)13(20)16(14(15)21)25-6-8-27(9-7-25)18(28)26-4-2-3-5-26/h2-9H2,1H3,(H2,22,23,24). The van der Waals surface area contributed by atoms with Crippen molar-refractivity contribution in [3.63, 3.8) is 0 Å². The number of nitrogen functional groups attached to an aromatic ring is 1. The molecule has 2 aliphatic rings. The third kappa shape index (κ3) is 2.96. The number of benzene rings is 1. The number of halogens is 3. The fraction of sp³-hybridized carbons (Fsp3) is 0.500. The van der Waals surface area contributed by atoms with Crippen LogP contribution in [-0.4, -0.2) is 65.1 Å². The topological polar surface area (TPSA) is 78.6 Å². The highest BCUT2D eigenvalue weighted by molar-refractivity contribution is 5.92. The van der Waals surface area contributed by atoms with E-state index in [1.807, 2.05) is 0 Å². The van der Waals surface area contributed by atoms with Crippen LogP contribution in [-0.2, 0) is 0 Å². The maximum Gasteiger partial charge on any atom is 0.320 e. The van der Waals surface area contributed by atoms with Crippen molar-refractivity contribution in [1.29, 1.82) is 0 Å². The van der Waals surface area contributed by atoms with Crippen LogP contribution >= 0.6 is 0 Å². The van der Waals surface area contributed by atoms with Crippen LogP contribution in [0.4, 0.5) is 29.5 Å². The van der Waals surface area contributed by atoms with Crippen molar-refractivity contribution in [1.82, 2.24) is 19.8 Å². The number of carbonyl (C=O) groups is 1. The highest BCUT2D eigenvalue weighted by Gasteiger charge is 2.31. The van der Waals surface area contributed by atoms with Gasteiger partial charge in [0, 0.05) is 39.3 Å². The molecule has 0 spiro atoms. The number of nitrogens with two attached hydrogens (primary N) is 1. The molecule has 4 rings (SSSR count). The number of hydrogen-bond donors (Lipinski definition) is 1. The SMILES string of the molecule is Cc1nc(N)c2c(F)c(F)c(N3CCN(C(=O)N4CCCC4)CC3)c(F)c2n1. The lowest BCUT2D eigenvalue weighted by Crippen LogP contribution is -2.52. The summed E-state index contributed by atoms with van der Waals surface area (Å²) in [5.41, 5.74) is 4.83. The molecule has 2 fully saturated rings. The number of fused-ring (bicyclic) bond motifs is 1. The first-order valence-electron chi connectivity index (χ1n) is 9.27. The van der Waals surface area contributed by atoms with Gasteiger partial charge in [-0.3, -0.25) is 0 Å². The molecule has 0 atom stereocenters. The van der Waals surface area contributed by atoms with E-state index < -0.39 is 28.5 Å². The average Bonchev–Trinajstić information content (AvgIpc) is 3.20. The minimum absolute atomic E-state index is 0.0566. The summed E-state index contributed by atoms with van der Waals surface area (Å²) in [5.74, 6) is -3.68. The van der Waals surface area contributed by atoms with Crippen molar-refractivity contribution in [3.8, 4) is 0 Å². The van der Waals surface area contributed by atoms with Crippen molar-refractivity contribution < 1.29 is 18.0 Å². The molecule has 150 valence electrons. The maximum absolute atomic E-state index is 15.1. The van der Waals surface area contributed by atoms with E-state index in [0.717, 1.165) is 25.9 Å². The van der Waals surface area contributed by atoms with Crippen LogP contribution < -0.4 is 10.6 Å². The van der Waals surface area contributed by atoms with Crippen molar-refractivity contribution in [2.45, 2.75) is 19.8 Å². The Kier molecular flexibility index (Phi) is 4.64. The van der Waals surface area contributed by atoms with Crippen LogP contribution in [0.5, 0.6) is 0 Å². The number of rotatable bonds is 1. The zero-order valence-electron chi connectivity index (χ0n) is 15.5. The number of anilines is 2. The summed E-state index contributed by atoms with van der Waals surface area (Å²) < 4.78 is 44.4. The van der Waals surface area contributed by atoms with Gasteiger partial charge in [-0.1, -0.05) is 0 Å². The smallest absolute Gasteiger partial charge is 0.320 e. The van der Waals surface area contributed by atoms with Gasteiger partial charge < -0.3 is 20.4 Å². The van der Waals surface area contributed by atoms with E-state index in [2.05, 4.69) is 9.97 Å². The number of urea groups is 1. The number of nitrogens with zero attached hydrogens (tertiary/aromatic N) is 5. The van der Waals surface area contributed by atoms with Gasteiger partial charge >= 0.3 is 6.03 Å². The molecule has 2 amide bonds. The Morgan fingerprint density at radius 3 is 2.14 bits per heavy atom. The zero-order valence-corrected chi connectivity index (χ0v) is 15.5. The number of amides is 2. The van der Waals surface area contributed by atoms with Gasteiger partial charge in [0.2, 0.25) is 0 Å². The van der Waals surface area contributed by atoms with Crippen LogP contribution in [0.25, 0.3) is 10.9 Å². The van der Waals surface area contributed by atoms with Gasteiger partial charge in [0.05, 0.1) is 5.39 Å². The molecule has 0 saturated carbocycles. The number of hydrogen-bond acceptors (Lipinski definition) is 5. The Morgan fingerprint density at radius 2 is 1.50 bits per heavy atom. The van der Waals surface area contributed by atoms with Crippen molar-refractivity contribution in [3.05, 3.63) is 23.3 Å². The van der Waals surface area contributed by atoms with Crippen molar-refractivity contribution in [2.24, 2.45) is 0 Å².